The number of carbonyl (C=O) groups is 1. The van der Waals surface area contributed by atoms with Crippen molar-refractivity contribution in [2.45, 2.75) is 25.4 Å². The molecule has 0 aliphatic carbocycles. The maximum absolute atomic E-state index is 12.6. The highest BCUT2D eigenvalue weighted by Crippen LogP contribution is 2.25. The average Bonchev–Trinajstić information content (AvgIpc) is 2.62. The van der Waals surface area contributed by atoms with Crippen molar-refractivity contribution in [1.82, 2.24) is 14.9 Å². The lowest BCUT2D eigenvalue weighted by molar-refractivity contribution is -0.000296. The molecular weight excluding hydrogens is 316 g/mol. The number of amides is 1. The molecule has 1 aliphatic heterocycles. The van der Waals surface area contributed by atoms with E-state index in [0.29, 0.717) is 24.5 Å². The highest BCUT2D eigenvalue weighted by Gasteiger charge is 2.36. The van der Waals surface area contributed by atoms with Gasteiger partial charge in [-0.3, -0.25) is 4.79 Å². The molecule has 2 heterocycles. The van der Waals surface area contributed by atoms with E-state index in [1.807, 2.05) is 36.1 Å². The summed E-state index contributed by atoms with van der Waals surface area (Å²) in [6, 6.07) is 9.26. The monoisotopic (exact) mass is 340 g/mol. The van der Waals surface area contributed by atoms with Gasteiger partial charge in [0.2, 0.25) is 5.95 Å². The summed E-state index contributed by atoms with van der Waals surface area (Å²) in [5.41, 5.74) is 0.784. The molecule has 0 bridgehead atoms. The zero-order valence-electron chi connectivity index (χ0n) is 14.7. The van der Waals surface area contributed by atoms with E-state index >= 15 is 0 Å². The van der Waals surface area contributed by atoms with E-state index in [9.17, 15) is 9.90 Å². The number of β-amino-alcohol motifs (C(OH)–C–C–N with tert-alkyl or cyclic N) is 1. The van der Waals surface area contributed by atoms with Crippen LogP contribution >= 0.6 is 0 Å². The van der Waals surface area contributed by atoms with Gasteiger partial charge in [0.05, 0.1) is 18.7 Å². The molecule has 1 aromatic carbocycles. The first-order valence-corrected chi connectivity index (χ1v) is 8.53. The summed E-state index contributed by atoms with van der Waals surface area (Å²) in [6.07, 6.45) is 4.88. The molecule has 1 N–H and O–H groups in total. The highest BCUT2D eigenvalue weighted by molar-refractivity contribution is 5.94. The summed E-state index contributed by atoms with van der Waals surface area (Å²) >= 11 is 0. The number of hydrogen-bond acceptors (Lipinski definition) is 5. The molecule has 3 rings (SSSR count). The van der Waals surface area contributed by atoms with Gasteiger partial charge in [0, 0.05) is 31.5 Å². The quantitative estimate of drug-likeness (QED) is 0.920. The molecule has 132 valence electrons. The predicted molar refractivity (Wildman–Crippen MR) is 96.6 cm³/mol. The molecule has 1 aromatic heterocycles. The zero-order valence-corrected chi connectivity index (χ0v) is 14.7. The molecule has 1 atom stereocenters. The van der Waals surface area contributed by atoms with Crippen molar-refractivity contribution >= 4 is 11.9 Å². The molecule has 6 heteroatoms. The van der Waals surface area contributed by atoms with Crippen molar-refractivity contribution in [3.63, 3.8) is 0 Å². The fourth-order valence-electron chi connectivity index (χ4n) is 3.30. The summed E-state index contributed by atoms with van der Waals surface area (Å²) in [5.74, 6) is 0.537. The minimum atomic E-state index is -0.966. The Morgan fingerprint density at radius 2 is 1.96 bits per heavy atom. The van der Waals surface area contributed by atoms with Gasteiger partial charge < -0.3 is 14.9 Å². The molecule has 1 aliphatic rings. The van der Waals surface area contributed by atoms with E-state index in [4.69, 9.17) is 0 Å². The van der Waals surface area contributed by atoms with Gasteiger partial charge in [0.15, 0.2) is 0 Å². The van der Waals surface area contributed by atoms with Gasteiger partial charge in [-0.05, 0) is 38.0 Å². The van der Waals surface area contributed by atoms with Crippen LogP contribution in [0.25, 0.3) is 0 Å². The third-order valence-electron chi connectivity index (χ3n) is 4.57. The number of benzene rings is 1. The van der Waals surface area contributed by atoms with Crippen molar-refractivity contribution in [2.75, 3.05) is 31.6 Å². The number of rotatable bonds is 4. The van der Waals surface area contributed by atoms with Crippen LogP contribution in [0.2, 0.25) is 0 Å². The molecule has 1 fully saturated rings. The van der Waals surface area contributed by atoms with Gasteiger partial charge in [-0.15, -0.1) is 0 Å². The standard InChI is InChI=1S/C19H24N4O2/c1-15-5-7-16(8-6-15)17(24)22(2)13-19(25)9-3-12-23(14-19)18-20-10-4-11-21-18/h4-8,10-11,25H,3,9,12-14H2,1-2H3/t19-/m0/s1. The van der Waals surface area contributed by atoms with Gasteiger partial charge >= 0.3 is 0 Å². The summed E-state index contributed by atoms with van der Waals surface area (Å²) in [7, 11) is 1.73. The van der Waals surface area contributed by atoms with Crippen LogP contribution in [-0.4, -0.2) is 58.2 Å². The number of hydrogen-bond donors (Lipinski definition) is 1. The SMILES string of the molecule is Cc1ccc(C(=O)N(C)C[C@@]2(O)CCCN(c3ncccn3)C2)cc1. The molecule has 0 saturated carbocycles. The lowest BCUT2D eigenvalue weighted by atomic mass is 9.92. The number of piperidine rings is 1. The number of anilines is 1. The van der Waals surface area contributed by atoms with Gasteiger partial charge in [-0.2, -0.15) is 0 Å². The van der Waals surface area contributed by atoms with Crippen molar-refractivity contribution in [2.24, 2.45) is 0 Å². The predicted octanol–water partition coefficient (Wildman–Crippen LogP) is 1.89. The first-order chi connectivity index (χ1) is 12.0. The first kappa shape index (κ1) is 17.4. The van der Waals surface area contributed by atoms with Crippen LogP contribution in [0.3, 0.4) is 0 Å². The Morgan fingerprint density at radius 3 is 2.64 bits per heavy atom. The highest BCUT2D eigenvalue weighted by atomic mass is 16.3. The van der Waals surface area contributed by atoms with Gasteiger partial charge in [-0.25, -0.2) is 9.97 Å². The Bertz CT molecular complexity index is 720. The fraction of sp³-hybridized carbons (Fsp3) is 0.421. The second kappa shape index (κ2) is 7.19. The molecule has 25 heavy (non-hydrogen) atoms. The topological polar surface area (TPSA) is 69.6 Å². The number of aromatic nitrogens is 2. The summed E-state index contributed by atoms with van der Waals surface area (Å²) in [4.78, 5) is 24.7. The molecule has 6 nitrogen and oxygen atoms in total. The Labute approximate surface area is 148 Å². The molecule has 2 aromatic rings. The van der Waals surface area contributed by atoms with E-state index in [-0.39, 0.29) is 12.5 Å². The minimum absolute atomic E-state index is 0.0819. The third-order valence-corrected chi connectivity index (χ3v) is 4.57. The van der Waals surface area contributed by atoms with Crippen LogP contribution < -0.4 is 4.90 Å². The molecule has 1 amide bonds. The minimum Gasteiger partial charge on any atom is -0.386 e. The van der Waals surface area contributed by atoms with Crippen LogP contribution in [0.1, 0.15) is 28.8 Å². The van der Waals surface area contributed by atoms with Crippen molar-refractivity contribution < 1.29 is 9.90 Å². The van der Waals surface area contributed by atoms with E-state index < -0.39 is 5.60 Å². The smallest absolute Gasteiger partial charge is 0.253 e. The number of likely N-dealkylation sites (N-methyl/N-ethyl adjacent to an activating group) is 1. The van der Waals surface area contributed by atoms with Crippen LogP contribution in [0.5, 0.6) is 0 Å². The Morgan fingerprint density at radius 1 is 1.28 bits per heavy atom. The van der Waals surface area contributed by atoms with Crippen molar-refractivity contribution in [3.05, 3.63) is 53.9 Å². The molecule has 0 unspecified atom stereocenters. The normalized spacial score (nSPS) is 20.4. The summed E-state index contributed by atoms with van der Waals surface area (Å²) < 4.78 is 0. The van der Waals surface area contributed by atoms with E-state index in [0.717, 1.165) is 18.5 Å². The fourth-order valence-corrected chi connectivity index (χ4v) is 3.30. The lowest BCUT2D eigenvalue weighted by Crippen LogP contribution is -2.55. The number of aliphatic hydroxyl groups is 1. The second-order valence-corrected chi connectivity index (χ2v) is 6.83. The van der Waals surface area contributed by atoms with Crippen LogP contribution in [0, 0.1) is 6.92 Å². The maximum Gasteiger partial charge on any atom is 0.253 e. The van der Waals surface area contributed by atoms with E-state index in [1.54, 1.807) is 30.4 Å². The Balaban J connectivity index is 1.68. The van der Waals surface area contributed by atoms with Gasteiger partial charge in [-0.1, -0.05) is 17.7 Å². The number of carbonyl (C=O) groups excluding carboxylic acids is 1. The Kier molecular flexibility index (Phi) is 4.99. The van der Waals surface area contributed by atoms with Crippen molar-refractivity contribution in [3.8, 4) is 0 Å². The lowest BCUT2D eigenvalue weighted by Gasteiger charge is -2.41. The van der Waals surface area contributed by atoms with Crippen LogP contribution in [0.15, 0.2) is 42.7 Å². The van der Waals surface area contributed by atoms with Gasteiger partial charge in [0.1, 0.15) is 0 Å². The first-order valence-electron chi connectivity index (χ1n) is 8.53. The largest absolute Gasteiger partial charge is 0.386 e. The van der Waals surface area contributed by atoms with Crippen LogP contribution in [-0.2, 0) is 0 Å². The third kappa shape index (κ3) is 4.14. The molecule has 0 spiro atoms. The maximum atomic E-state index is 12.6. The Hall–Kier alpha value is -2.47. The summed E-state index contributed by atoms with van der Waals surface area (Å²) in [5, 5.41) is 11.0. The zero-order chi connectivity index (χ0) is 17.9. The molecular formula is C19H24N4O2. The summed E-state index contributed by atoms with van der Waals surface area (Å²) in [6.45, 7) is 3.50. The van der Waals surface area contributed by atoms with E-state index in [2.05, 4.69) is 9.97 Å². The van der Waals surface area contributed by atoms with Crippen LogP contribution in [0.4, 0.5) is 5.95 Å². The van der Waals surface area contributed by atoms with Gasteiger partial charge in [0.25, 0.3) is 5.91 Å². The molecule has 0 radical (unpaired) electrons. The van der Waals surface area contributed by atoms with E-state index in [1.165, 1.54) is 0 Å². The number of aryl methyl sites for hydroxylation is 1. The second-order valence-electron chi connectivity index (χ2n) is 6.83. The number of nitrogens with zero attached hydrogens (tertiary/aromatic N) is 4. The molecule has 1 saturated heterocycles. The van der Waals surface area contributed by atoms with Crippen molar-refractivity contribution in [1.29, 1.82) is 0 Å². The average molecular weight is 340 g/mol.